The van der Waals surface area contributed by atoms with Gasteiger partial charge in [-0.1, -0.05) is 62.8 Å². The van der Waals surface area contributed by atoms with Gasteiger partial charge in [0.15, 0.2) is 0 Å². The number of aryl methyl sites for hydroxylation is 1. The first-order valence-corrected chi connectivity index (χ1v) is 13.6. The number of hydrogen-bond acceptors (Lipinski definition) is 2. The maximum absolute atomic E-state index is 9.01. The highest BCUT2D eigenvalue weighted by atomic mass is 15.1. The lowest BCUT2D eigenvalue weighted by Crippen LogP contribution is -2.31. The summed E-state index contributed by atoms with van der Waals surface area (Å²) in [7, 11) is 0. The van der Waals surface area contributed by atoms with E-state index in [1.807, 2.05) is 39.8 Å². The van der Waals surface area contributed by atoms with Gasteiger partial charge in [-0.25, -0.2) is 0 Å². The maximum atomic E-state index is 9.01. The van der Waals surface area contributed by atoms with Crippen molar-refractivity contribution in [1.29, 1.82) is 5.26 Å². The van der Waals surface area contributed by atoms with Crippen molar-refractivity contribution in [1.82, 2.24) is 4.90 Å². The summed E-state index contributed by atoms with van der Waals surface area (Å²) in [6.07, 6.45) is 6.21. The van der Waals surface area contributed by atoms with Crippen molar-refractivity contribution < 1.29 is 0 Å². The van der Waals surface area contributed by atoms with Crippen LogP contribution in [-0.4, -0.2) is 18.0 Å². The van der Waals surface area contributed by atoms with Gasteiger partial charge >= 0.3 is 0 Å². The Kier molecular flexibility index (Phi) is 11.3. The van der Waals surface area contributed by atoms with Crippen molar-refractivity contribution >= 4 is 11.3 Å². The van der Waals surface area contributed by atoms with Crippen molar-refractivity contribution in [2.45, 2.75) is 85.5 Å². The van der Waals surface area contributed by atoms with Crippen LogP contribution < -0.4 is 0 Å². The summed E-state index contributed by atoms with van der Waals surface area (Å²) in [5, 5.41) is 9.01. The van der Waals surface area contributed by atoms with E-state index < -0.39 is 0 Å². The third-order valence-electron chi connectivity index (χ3n) is 7.10. The van der Waals surface area contributed by atoms with Crippen LogP contribution in [0.15, 0.2) is 61.7 Å². The van der Waals surface area contributed by atoms with E-state index in [0.717, 1.165) is 42.8 Å². The molecule has 0 N–H and O–H groups in total. The fraction of sp³-hybridized carbons (Fsp3) is 0.441. The van der Waals surface area contributed by atoms with Crippen molar-refractivity contribution in [3.63, 3.8) is 0 Å². The van der Waals surface area contributed by atoms with E-state index in [9.17, 15) is 0 Å². The minimum Gasteiger partial charge on any atom is -0.371 e. The zero-order valence-corrected chi connectivity index (χ0v) is 23.6. The predicted molar refractivity (Wildman–Crippen MR) is 158 cm³/mol. The quantitative estimate of drug-likeness (QED) is 0.397. The van der Waals surface area contributed by atoms with Crippen LogP contribution in [-0.2, 0) is 0 Å². The van der Waals surface area contributed by atoms with Gasteiger partial charge < -0.3 is 4.90 Å². The Hall–Kier alpha value is -3.05. The van der Waals surface area contributed by atoms with Crippen molar-refractivity contribution in [2.75, 3.05) is 13.1 Å². The Morgan fingerprint density at radius 3 is 1.86 bits per heavy atom. The van der Waals surface area contributed by atoms with E-state index in [-0.39, 0.29) is 0 Å². The molecule has 2 aromatic rings. The molecular formula is C34H46N2. The second-order valence-corrected chi connectivity index (χ2v) is 10.3. The van der Waals surface area contributed by atoms with E-state index in [1.165, 1.54) is 52.7 Å². The molecule has 0 amide bonds. The predicted octanol–water partition coefficient (Wildman–Crippen LogP) is 9.63. The smallest absolute Gasteiger partial charge is 0.0991 e. The van der Waals surface area contributed by atoms with Crippen molar-refractivity contribution in [3.05, 3.63) is 95.1 Å². The van der Waals surface area contributed by atoms with Gasteiger partial charge in [0.1, 0.15) is 0 Å². The first-order valence-electron chi connectivity index (χ1n) is 13.6. The van der Waals surface area contributed by atoms with Gasteiger partial charge in [0.25, 0.3) is 0 Å². The Balaban J connectivity index is 0.000000694. The molecule has 0 radical (unpaired) electrons. The van der Waals surface area contributed by atoms with Gasteiger partial charge in [-0.3, -0.25) is 0 Å². The molecule has 0 bridgehead atoms. The molecule has 2 aliphatic rings. The fourth-order valence-corrected chi connectivity index (χ4v) is 4.95. The van der Waals surface area contributed by atoms with Crippen LogP contribution in [0.5, 0.6) is 0 Å². The lowest BCUT2D eigenvalue weighted by atomic mass is 9.76. The van der Waals surface area contributed by atoms with Crippen molar-refractivity contribution in [3.8, 4) is 6.07 Å². The molecule has 0 spiro atoms. The molecular weight excluding hydrogens is 436 g/mol. The number of benzene rings is 2. The molecule has 1 heterocycles. The van der Waals surface area contributed by atoms with Gasteiger partial charge in [-0.2, -0.15) is 5.26 Å². The Labute approximate surface area is 221 Å². The molecule has 1 aliphatic carbocycles. The van der Waals surface area contributed by atoms with Crippen LogP contribution >= 0.6 is 0 Å². The van der Waals surface area contributed by atoms with Crippen LogP contribution in [0.4, 0.5) is 0 Å². The molecule has 2 fully saturated rings. The minimum absolute atomic E-state index is 0.565. The lowest BCUT2D eigenvalue weighted by Gasteiger charge is -2.36. The number of likely N-dealkylation sites (tertiary alicyclic amines) is 1. The molecule has 0 atom stereocenters. The van der Waals surface area contributed by atoms with Gasteiger partial charge in [-0.05, 0) is 106 Å². The van der Waals surface area contributed by atoms with Crippen LogP contribution in [0, 0.1) is 18.3 Å². The maximum Gasteiger partial charge on any atom is 0.0991 e. The zero-order chi connectivity index (χ0) is 26.8. The third-order valence-corrected chi connectivity index (χ3v) is 7.10. The summed E-state index contributed by atoms with van der Waals surface area (Å²) in [5.41, 5.74) is 11.0. The van der Waals surface area contributed by atoms with Gasteiger partial charge in [-0.15, -0.1) is 6.58 Å². The molecule has 2 nitrogen and oxygen atoms in total. The normalized spacial score (nSPS) is 15.3. The van der Waals surface area contributed by atoms with Crippen LogP contribution in [0.2, 0.25) is 0 Å². The van der Waals surface area contributed by atoms with E-state index in [2.05, 4.69) is 68.8 Å². The second kappa shape index (κ2) is 13.9. The standard InChI is InChI=1S/C28H32N2.C4H8.C2H6/c1-19(2)26-17-27(20(3)16-28(26)25-6-5-7-25)21(4)30-14-12-24(13-15-30)23-10-8-22(18-29)9-11-23;1-4(2)3;1-2/h8-11,16-17,24-25H,1,4-7,12-15H2,2-3H3;1H2,2-3H3;1-2H3. The molecule has 36 heavy (non-hydrogen) atoms. The fourth-order valence-electron chi connectivity index (χ4n) is 4.95. The second-order valence-electron chi connectivity index (χ2n) is 10.3. The molecule has 1 saturated carbocycles. The van der Waals surface area contributed by atoms with Gasteiger partial charge in [0.2, 0.25) is 0 Å². The van der Waals surface area contributed by atoms with E-state index in [4.69, 9.17) is 5.26 Å². The third kappa shape index (κ3) is 7.47. The number of rotatable bonds is 5. The first kappa shape index (κ1) is 29.2. The summed E-state index contributed by atoms with van der Waals surface area (Å²) >= 11 is 0. The monoisotopic (exact) mass is 482 g/mol. The lowest BCUT2D eigenvalue weighted by molar-refractivity contribution is 0.299. The summed E-state index contributed by atoms with van der Waals surface area (Å²) < 4.78 is 0. The van der Waals surface area contributed by atoms with E-state index in [0.29, 0.717) is 11.8 Å². The highest BCUT2D eigenvalue weighted by molar-refractivity contribution is 5.74. The molecule has 192 valence electrons. The van der Waals surface area contributed by atoms with Crippen LogP contribution in [0.3, 0.4) is 0 Å². The number of nitrogens with zero attached hydrogens (tertiary/aromatic N) is 2. The number of hydrogen-bond donors (Lipinski definition) is 0. The highest BCUT2D eigenvalue weighted by Gasteiger charge is 2.26. The summed E-state index contributed by atoms with van der Waals surface area (Å²) in [6.45, 7) is 26.7. The topological polar surface area (TPSA) is 27.0 Å². The minimum atomic E-state index is 0.565. The SMILES string of the molecule is C=C(C)C.C=C(C)c1cc(C(=C)N2CCC(c3ccc(C#N)cc3)CC2)c(C)cc1C1CCC1.CC. The molecule has 0 unspecified atom stereocenters. The highest BCUT2D eigenvalue weighted by Crippen LogP contribution is 2.42. The number of nitriles is 1. The summed E-state index contributed by atoms with van der Waals surface area (Å²) in [5.74, 6) is 1.27. The van der Waals surface area contributed by atoms with E-state index >= 15 is 0 Å². The number of piperidine rings is 1. The molecule has 0 aromatic heterocycles. The molecule has 1 saturated heterocycles. The Bertz CT molecular complexity index is 1080. The Morgan fingerprint density at radius 2 is 1.42 bits per heavy atom. The molecule has 4 rings (SSSR count). The van der Waals surface area contributed by atoms with Crippen LogP contribution in [0.25, 0.3) is 11.3 Å². The van der Waals surface area contributed by atoms with Crippen molar-refractivity contribution in [2.24, 2.45) is 0 Å². The average molecular weight is 483 g/mol. The van der Waals surface area contributed by atoms with E-state index in [1.54, 1.807) is 0 Å². The van der Waals surface area contributed by atoms with Gasteiger partial charge in [0, 0.05) is 24.4 Å². The molecule has 2 heteroatoms. The zero-order valence-electron chi connectivity index (χ0n) is 23.6. The number of allylic oxidation sites excluding steroid dienone is 2. The average Bonchev–Trinajstić information content (AvgIpc) is 2.83. The van der Waals surface area contributed by atoms with Crippen LogP contribution in [0.1, 0.15) is 112 Å². The molecule has 2 aromatic carbocycles. The largest absolute Gasteiger partial charge is 0.371 e. The first-order chi connectivity index (χ1) is 17.2. The summed E-state index contributed by atoms with van der Waals surface area (Å²) in [4.78, 5) is 2.45. The Morgan fingerprint density at radius 1 is 0.861 bits per heavy atom. The molecule has 1 aliphatic heterocycles. The summed E-state index contributed by atoms with van der Waals surface area (Å²) in [6, 6.07) is 15.1. The van der Waals surface area contributed by atoms with Gasteiger partial charge in [0.05, 0.1) is 11.6 Å².